The Hall–Kier alpha value is -2.67. The lowest BCUT2D eigenvalue weighted by atomic mass is 10.0. The van der Waals surface area contributed by atoms with Crippen molar-refractivity contribution in [1.82, 2.24) is 0 Å². The second-order valence-electron chi connectivity index (χ2n) is 5.55. The third kappa shape index (κ3) is 2.15. The van der Waals surface area contributed by atoms with Gasteiger partial charge in [0.15, 0.2) is 0 Å². The quantitative estimate of drug-likeness (QED) is 0.320. The zero-order valence-corrected chi connectivity index (χ0v) is 12.5. The van der Waals surface area contributed by atoms with Gasteiger partial charge in [-0.05, 0) is 47.0 Å². The third-order valence-corrected chi connectivity index (χ3v) is 4.20. The smallest absolute Gasteiger partial charge is 0.207 e. The molecule has 0 fully saturated rings. The topological polar surface area (TPSA) is 11.3 Å². The fourth-order valence-electron chi connectivity index (χ4n) is 2.91. The maximum Gasteiger partial charge on any atom is 0.361 e. The van der Waals surface area contributed by atoms with Gasteiger partial charge in [0.1, 0.15) is 0 Å². The summed E-state index contributed by atoms with van der Waals surface area (Å²) in [4.78, 5) is 0. The second-order valence-corrected chi connectivity index (χ2v) is 5.55. The second kappa shape index (κ2) is 5.27. The molecule has 106 valence electrons. The molecule has 0 N–H and O–H groups in total. The molecule has 1 heterocycles. The Labute approximate surface area is 129 Å². The van der Waals surface area contributed by atoms with Gasteiger partial charge in [-0.25, -0.2) is 4.42 Å². The van der Waals surface area contributed by atoms with Crippen LogP contribution in [0.2, 0.25) is 0 Å². The summed E-state index contributed by atoms with van der Waals surface area (Å²) in [5, 5.41) is 3.63. The van der Waals surface area contributed by atoms with Gasteiger partial charge in [-0.3, -0.25) is 0 Å². The molecule has 0 aliphatic rings. The van der Waals surface area contributed by atoms with E-state index in [2.05, 4.69) is 79.7 Å². The van der Waals surface area contributed by atoms with Crippen LogP contribution in [0.1, 0.15) is 12.5 Å². The Morgan fingerprint density at radius 2 is 1.55 bits per heavy atom. The van der Waals surface area contributed by atoms with Crippen molar-refractivity contribution in [3.63, 3.8) is 0 Å². The normalized spacial score (nSPS) is 11.1. The van der Waals surface area contributed by atoms with Crippen molar-refractivity contribution in [1.29, 1.82) is 0 Å². The third-order valence-electron chi connectivity index (χ3n) is 4.20. The highest BCUT2D eigenvalue weighted by Crippen LogP contribution is 2.29. The summed E-state index contributed by atoms with van der Waals surface area (Å²) in [5.74, 6) is 0.908. The number of rotatable bonds is 2. The molecule has 1 heteroatoms. The molecule has 0 radical (unpaired) electrons. The van der Waals surface area contributed by atoms with Crippen LogP contribution in [0, 0.1) is 0 Å². The van der Waals surface area contributed by atoms with E-state index in [1.165, 1.54) is 16.3 Å². The largest absolute Gasteiger partial charge is 0.361 e. The fraction of sp³-hybridized carbons (Fsp3) is 0.0952. The van der Waals surface area contributed by atoms with Crippen LogP contribution in [-0.4, -0.2) is 0 Å². The predicted molar refractivity (Wildman–Crippen MR) is 92.9 cm³/mol. The van der Waals surface area contributed by atoms with E-state index >= 15 is 0 Å². The van der Waals surface area contributed by atoms with Gasteiger partial charge in [0.25, 0.3) is 0 Å². The summed E-state index contributed by atoms with van der Waals surface area (Å²) >= 11 is 0. The molecule has 0 spiro atoms. The molecule has 0 amide bonds. The molecule has 0 aliphatic carbocycles. The molecule has 0 saturated heterocycles. The van der Waals surface area contributed by atoms with Gasteiger partial charge in [-0.1, -0.05) is 43.3 Å². The monoisotopic (exact) mass is 285 g/mol. The van der Waals surface area contributed by atoms with Crippen molar-refractivity contribution >= 4 is 21.7 Å². The van der Waals surface area contributed by atoms with Gasteiger partial charge >= 0.3 is 11.3 Å². The minimum Gasteiger partial charge on any atom is -0.207 e. The standard InChI is InChI=1S/C21H17O/c1-2-15-7-9-17(10-8-15)20-14-12-19-18-6-4-3-5-16(18)11-13-21(19)22-20/h3-14H,2H2,1H3/q+1. The number of hydrogen-bond acceptors (Lipinski definition) is 0. The molecule has 1 nitrogen and oxygen atoms in total. The van der Waals surface area contributed by atoms with Crippen molar-refractivity contribution in [2.45, 2.75) is 13.3 Å². The van der Waals surface area contributed by atoms with Crippen molar-refractivity contribution in [3.8, 4) is 11.3 Å². The van der Waals surface area contributed by atoms with E-state index in [1.807, 2.05) is 0 Å². The van der Waals surface area contributed by atoms with Crippen molar-refractivity contribution in [2.75, 3.05) is 0 Å². The summed E-state index contributed by atoms with van der Waals surface area (Å²) in [6.45, 7) is 2.17. The predicted octanol–water partition coefficient (Wildman–Crippen LogP) is 6.10. The molecule has 0 bridgehead atoms. The lowest BCUT2D eigenvalue weighted by molar-refractivity contribution is 0.620. The molecular weight excluding hydrogens is 268 g/mol. The fourth-order valence-corrected chi connectivity index (χ4v) is 2.91. The zero-order valence-electron chi connectivity index (χ0n) is 12.5. The molecular formula is C21H17O+. The van der Waals surface area contributed by atoms with Gasteiger partial charge < -0.3 is 0 Å². The van der Waals surface area contributed by atoms with Gasteiger partial charge in [-0.15, -0.1) is 0 Å². The molecule has 0 unspecified atom stereocenters. The Balaban J connectivity index is 1.88. The minimum atomic E-state index is 0.908. The molecule has 4 aromatic rings. The lowest BCUT2D eigenvalue weighted by Gasteiger charge is -1.99. The molecule has 4 rings (SSSR count). The average Bonchev–Trinajstić information content (AvgIpc) is 2.61. The number of aryl methyl sites for hydroxylation is 1. The summed E-state index contributed by atoms with van der Waals surface area (Å²) in [5.41, 5.74) is 3.39. The van der Waals surface area contributed by atoms with E-state index in [0.29, 0.717) is 0 Å². The molecule has 3 aromatic carbocycles. The maximum absolute atomic E-state index is 6.13. The summed E-state index contributed by atoms with van der Waals surface area (Å²) in [6.07, 6.45) is 1.06. The van der Waals surface area contributed by atoms with E-state index in [4.69, 9.17) is 4.42 Å². The lowest BCUT2D eigenvalue weighted by Crippen LogP contribution is -1.83. The Morgan fingerprint density at radius 1 is 0.727 bits per heavy atom. The summed E-state index contributed by atoms with van der Waals surface area (Å²) in [7, 11) is 0. The van der Waals surface area contributed by atoms with Crippen LogP contribution in [0.25, 0.3) is 33.1 Å². The van der Waals surface area contributed by atoms with E-state index in [9.17, 15) is 0 Å². The van der Waals surface area contributed by atoms with E-state index in [1.54, 1.807) is 0 Å². The summed E-state index contributed by atoms with van der Waals surface area (Å²) < 4.78 is 6.13. The van der Waals surface area contributed by atoms with Crippen LogP contribution in [-0.2, 0) is 6.42 Å². The van der Waals surface area contributed by atoms with Crippen LogP contribution in [0.4, 0.5) is 0 Å². The van der Waals surface area contributed by atoms with Crippen LogP contribution >= 0.6 is 0 Å². The SMILES string of the molecule is CCc1ccc(-c2ccc3c(ccc4ccccc43)[o+]2)cc1. The first-order valence-electron chi connectivity index (χ1n) is 7.69. The molecule has 0 aliphatic heterocycles. The molecule has 22 heavy (non-hydrogen) atoms. The Bertz CT molecular complexity index is 952. The number of hydrogen-bond donors (Lipinski definition) is 0. The van der Waals surface area contributed by atoms with E-state index < -0.39 is 0 Å². The van der Waals surface area contributed by atoms with Gasteiger partial charge in [-0.2, -0.15) is 0 Å². The molecule has 0 saturated carbocycles. The average molecular weight is 285 g/mol. The van der Waals surface area contributed by atoms with Crippen LogP contribution in [0.5, 0.6) is 0 Å². The van der Waals surface area contributed by atoms with Crippen molar-refractivity contribution < 1.29 is 4.42 Å². The highest BCUT2D eigenvalue weighted by molar-refractivity contribution is 6.05. The van der Waals surface area contributed by atoms with Gasteiger partial charge in [0.2, 0.25) is 0 Å². The Morgan fingerprint density at radius 3 is 2.36 bits per heavy atom. The minimum absolute atomic E-state index is 0.908. The van der Waals surface area contributed by atoms with Crippen molar-refractivity contribution in [2.24, 2.45) is 0 Å². The first-order valence-corrected chi connectivity index (χ1v) is 7.69. The first kappa shape index (κ1) is 13.0. The molecule has 0 atom stereocenters. The van der Waals surface area contributed by atoms with Crippen LogP contribution in [0.15, 0.2) is 77.2 Å². The van der Waals surface area contributed by atoms with E-state index in [0.717, 1.165) is 28.7 Å². The van der Waals surface area contributed by atoms with Gasteiger partial charge in [0, 0.05) is 12.1 Å². The van der Waals surface area contributed by atoms with Crippen LogP contribution < -0.4 is 0 Å². The van der Waals surface area contributed by atoms with Crippen molar-refractivity contribution in [3.05, 3.63) is 78.4 Å². The highest BCUT2D eigenvalue weighted by atomic mass is 16.3. The highest BCUT2D eigenvalue weighted by Gasteiger charge is 2.15. The Kier molecular flexibility index (Phi) is 3.12. The van der Waals surface area contributed by atoms with Crippen LogP contribution in [0.3, 0.4) is 0 Å². The van der Waals surface area contributed by atoms with Gasteiger partial charge in [0.05, 0.1) is 10.9 Å². The van der Waals surface area contributed by atoms with E-state index in [-0.39, 0.29) is 0 Å². The number of benzene rings is 3. The zero-order chi connectivity index (χ0) is 14.9. The molecule has 1 aromatic heterocycles. The summed E-state index contributed by atoms with van der Waals surface area (Å²) in [6, 6.07) is 25.4. The first-order chi connectivity index (χ1) is 10.8. The maximum atomic E-state index is 6.13. The number of fused-ring (bicyclic) bond motifs is 3.